The molecule has 0 aliphatic carbocycles. The molecule has 1 aromatic rings. The number of hydrogen-bond donors (Lipinski definition) is 2. The Hall–Kier alpha value is -1.79. The lowest BCUT2D eigenvalue weighted by atomic mass is 9.98. The summed E-state index contributed by atoms with van der Waals surface area (Å²) in [6, 6.07) is 5.91. The number of carbonyl (C=O) groups is 1. The minimum atomic E-state index is -0.532. The molecule has 3 aliphatic rings. The molecule has 2 saturated heterocycles. The Labute approximate surface area is 129 Å². The Morgan fingerprint density at radius 2 is 1.91 bits per heavy atom. The molecule has 22 heavy (non-hydrogen) atoms. The van der Waals surface area contributed by atoms with Crippen LogP contribution in [0.5, 0.6) is 5.75 Å². The molecule has 1 spiro atoms. The summed E-state index contributed by atoms with van der Waals surface area (Å²) in [5.74, 6) is 0.668. The minimum Gasteiger partial charge on any atom is -0.467 e. The second kappa shape index (κ2) is 5.44. The zero-order valence-electron chi connectivity index (χ0n) is 12.6. The van der Waals surface area contributed by atoms with Gasteiger partial charge in [-0.25, -0.2) is 0 Å². The van der Waals surface area contributed by atoms with Crippen molar-refractivity contribution in [2.24, 2.45) is 0 Å². The van der Waals surface area contributed by atoms with Gasteiger partial charge in [-0.05, 0) is 18.2 Å². The van der Waals surface area contributed by atoms with E-state index in [1.807, 2.05) is 18.2 Å². The number of piperidine rings is 1. The van der Waals surface area contributed by atoms with E-state index < -0.39 is 5.72 Å². The first-order chi connectivity index (χ1) is 10.8. The van der Waals surface area contributed by atoms with Gasteiger partial charge in [0.25, 0.3) is 5.91 Å². The van der Waals surface area contributed by atoms with Gasteiger partial charge >= 0.3 is 0 Å². The van der Waals surface area contributed by atoms with Crippen molar-refractivity contribution in [3.05, 3.63) is 23.8 Å². The molecule has 2 N–H and O–H groups in total. The van der Waals surface area contributed by atoms with E-state index in [1.165, 1.54) is 0 Å². The zero-order chi connectivity index (χ0) is 15.0. The highest BCUT2D eigenvalue weighted by Crippen LogP contribution is 2.34. The SMILES string of the molecule is O=C1NC2(CCNCC2)Oc2ccc(N3CCOCC3)cc21. The maximum absolute atomic E-state index is 12.5. The van der Waals surface area contributed by atoms with Crippen molar-refractivity contribution in [1.82, 2.24) is 10.6 Å². The number of hydrogen-bond acceptors (Lipinski definition) is 5. The Balaban J connectivity index is 1.61. The first-order valence-electron chi connectivity index (χ1n) is 7.95. The van der Waals surface area contributed by atoms with Gasteiger partial charge in [0.05, 0.1) is 18.8 Å². The van der Waals surface area contributed by atoms with Gasteiger partial charge in [0.15, 0.2) is 5.72 Å². The van der Waals surface area contributed by atoms with Gasteiger partial charge in [-0.3, -0.25) is 4.79 Å². The maximum Gasteiger partial charge on any atom is 0.258 e. The Morgan fingerprint density at radius 3 is 2.68 bits per heavy atom. The molecular weight excluding hydrogens is 282 g/mol. The van der Waals surface area contributed by atoms with E-state index >= 15 is 0 Å². The van der Waals surface area contributed by atoms with Crippen LogP contribution in [-0.2, 0) is 4.74 Å². The first-order valence-corrected chi connectivity index (χ1v) is 7.95. The summed E-state index contributed by atoms with van der Waals surface area (Å²) in [4.78, 5) is 14.8. The Bertz CT molecular complexity index is 578. The van der Waals surface area contributed by atoms with Crippen molar-refractivity contribution >= 4 is 11.6 Å². The largest absolute Gasteiger partial charge is 0.467 e. The number of morpholine rings is 1. The van der Waals surface area contributed by atoms with Crippen molar-refractivity contribution < 1.29 is 14.3 Å². The fourth-order valence-electron chi connectivity index (χ4n) is 3.37. The van der Waals surface area contributed by atoms with Crippen LogP contribution in [0.1, 0.15) is 23.2 Å². The average Bonchev–Trinajstić information content (AvgIpc) is 2.56. The van der Waals surface area contributed by atoms with E-state index in [9.17, 15) is 4.79 Å². The molecule has 2 fully saturated rings. The zero-order valence-corrected chi connectivity index (χ0v) is 12.6. The fraction of sp³-hybridized carbons (Fsp3) is 0.562. The number of fused-ring (bicyclic) bond motifs is 1. The van der Waals surface area contributed by atoms with Crippen LogP contribution in [0.15, 0.2) is 18.2 Å². The third kappa shape index (κ3) is 2.42. The van der Waals surface area contributed by atoms with Crippen molar-refractivity contribution in [1.29, 1.82) is 0 Å². The van der Waals surface area contributed by atoms with Crippen molar-refractivity contribution in [3.63, 3.8) is 0 Å². The standard InChI is InChI=1S/C16H21N3O3/c20-15-13-11-12(19-7-9-21-10-8-19)1-2-14(13)22-16(18-15)3-5-17-6-4-16/h1-2,11,17H,3-10H2,(H,18,20). The second-order valence-electron chi connectivity index (χ2n) is 6.08. The van der Waals surface area contributed by atoms with Crippen molar-refractivity contribution in [2.75, 3.05) is 44.3 Å². The van der Waals surface area contributed by atoms with Crippen LogP contribution in [0.25, 0.3) is 0 Å². The van der Waals surface area contributed by atoms with E-state index in [1.54, 1.807) is 0 Å². The smallest absolute Gasteiger partial charge is 0.258 e. The van der Waals surface area contributed by atoms with Gasteiger partial charge in [-0.1, -0.05) is 0 Å². The van der Waals surface area contributed by atoms with Gasteiger partial charge in [0, 0.05) is 44.7 Å². The van der Waals surface area contributed by atoms with Crippen LogP contribution < -0.4 is 20.3 Å². The first kappa shape index (κ1) is 13.8. The van der Waals surface area contributed by atoms with Crippen LogP contribution in [0.3, 0.4) is 0 Å². The molecule has 0 bridgehead atoms. The van der Waals surface area contributed by atoms with E-state index in [-0.39, 0.29) is 5.91 Å². The van der Waals surface area contributed by atoms with Crippen molar-refractivity contribution in [2.45, 2.75) is 18.6 Å². The summed E-state index contributed by atoms with van der Waals surface area (Å²) in [5.41, 5.74) is 1.16. The number of anilines is 1. The number of carbonyl (C=O) groups excluding carboxylic acids is 1. The highest BCUT2D eigenvalue weighted by atomic mass is 16.5. The number of benzene rings is 1. The summed E-state index contributed by atoms with van der Waals surface area (Å²) in [6.07, 6.45) is 1.59. The number of nitrogens with one attached hydrogen (secondary N) is 2. The van der Waals surface area contributed by atoms with Crippen LogP contribution >= 0.6 is 0 Å². The topological polar surface area (TPSA) is 62.8 Å². The van der Waals surface area contributed by atoms with E-state index in [2.05, 4.69) is 15.5 Å². The molecule has 0 saturated carbocycles. The molecule has 1 aromatic carbocycles. The van der Waals surface area contributed by atoms with E-state index in [0.717, 1.165) is 57.9 Å². The minimum absolute atomic E-state index is 0.0294. The maximum atomic E-state index is 12.5. The Kier molecular flexibility index (Phi) is 3.43. The molecule has 0 atom stereocenters. The van der Waals surface area contributed by atoms with Crippen molar-refractivity contribution in [3.8, 4) is 5.75 Å². The number of rotatable bonds is 1. The molecule has 0 radical (unpaired) electrons. The Morgan fingerprint density at radius 1 is 1.14 bits per heavy atom. The quantitative estimate of drug-likeness (QED) is 0.801. The average molecular weight is 303 g/mol. The fourth-order valence-corrected chi connectivity index (χ4v) is 3.37. The molecule has 1 amide bonds. The highest BCUT2D eigenvalue weighted by Gasteiger charge is 2.40. The summed E-state index contributed by atoms with van der Waals surface area (Å²) in [6.45, 7) is 4.91. The summed E-state index contributed by atoms with van der Waals surface area (Å²) in [7, 11) is 0. The molecule has 4 rings (SSSR count). The molecule has 3 aliphatic heterocycles. The number of ether oxygens (including phenoxy) is 2. The molecule has 6 nitrogen and oxygen atoms in total. The lowest BCUT2D eigenvalue weighted by Crippen LogP contribution is -2.60. The molecule has 118 valence electrons. The van der Waals surface area contributed by atoms with E-state index in [4.69, 9.17) is 9.47 Å². The van der Waals surface area contributed by atoms with Gasteiger partial charge in [-0.15, -0.1) is 0 Å². The van der Waals surface area contributed by atoms with Crippen LogP contribution in [0, 0.1) is 0 Å². The molecule has 0 aromatic heterocycles. The summed E-state index contributed by atoms with van der Waals surface area (Å²) < 4.78 is 11.5. The van der Waals surface area contributed by atoms with Crippen LogP contribution in [0.4, 0.5) is 5.69 Å². The van der Waals surface area contributed by atoms with Crippen LogP contribution in [-0.4, -0.2) is 51.0 Å². The third-order valence-electron chi connectivity index (χ3n) is 4.64. The van der Waals surface area contributed by atoms with E-state index in [0.29, 0.717) is 11.3 Å². The monoisotopic (exact) mass is 303 g/mol. The number of nitrogens with zero attached hydrogens (tertiary/aromatic N) is 1. The van der Waals surface area contributed by atoms with Gasteiger partial charge in [0.1, 0.15) is 5.75 Å². The summed E-state index contributed by atoms with van der Waals surface area (Å²) >= 11 is 0. The highest BCUT2D eigenvalue weighted by molar-refractivity contribution is 5.99. The molecular formula is C16H21N3O3. The molecule has 3 heterocycles. The second-order valence-corrected chi connectivity index (χ2v) is 6.08. The predicted octanol–water partition coefficient (Wildman–Crippen LogP) is 0.725. The molecule has 0 unspecified atom stereocenters. The third-order valence-corrected chi connectivity index (χ3v) is 4.64. The predicted molar refractivity (Wildman–Crippen MR) is 82.4 cm³/mol. The normalized spacial score (nSPS) is 23.6. The molecule has 6 heteroatoms. The van der Waals surface area contributed by atoms with Gasteiger partial charge in [0.2, 0.25) is 0 Å². The number of amides is 1. The van der Waals surface area contributed by atoms with Crippen LogP contribution in [0.2, 0.25) is 0 Å². The van der Waals surface area contributed by atoms with Gasteiger partial charge < -0.3 is 25.0 Å². The lowest BCUT2D eigenvalue weighted by molar-refractivity contribution is -0.00351. The summed E-state index contributed by atoms with van der Waals surface area (Å²) in [5, 5.41) is 6.37. The van der Waals surface area contributed by atoms with Gasteiger partial charge in [-0.2, -0.15) is 0 Å². The lowest BCUT2D eigenvalue weighted by Gasteiger charge is -2.42.